The Morgan fingerprint density at radius 2 is 1.48 bits per heavy atom. The highest BCUT2D eigenvalue weighted by molar-refractivity contribution is 7.87. The molecule has 0 aliphatic rings. The number of hydrogen-bond acceptors (Lipinski definition) is 4. The monoisotopic (exact) mass is 300 g/mol. The summed E-state index contributed by atoms with van der Waals surface area (Å²) >= 11 is 0. The Balaban J connectivity index is 2.06. The van der Waals surface area contributed by atoms with Crippen molar-refractivity contribution < 1.29 is 17.7 Å². The van der Waals surface area contributed by atoms with Crippen molar-refractivity contribution in [2.45, 2.75) is 4.90 Å². The summed E-state index contributed by atoms with van der Waals surface area (Å²) < 4.78 is 29.9. The van der Waals surface area contributed by atoms with Gasteiger partial charge in [-0.3, -0.25) is 0 Å². The van der Waals surface area contributed by atoms with Crippen molar-refractivity contribution in [2.24, 2.45) is 0 Å². The summed E-state index contributed by atoms with van der Waals surface area (Å²) in [6.07, 6.45) is 0. The molecular formula is C16H12O4S. The van der Waals surface area contributed by atoms with E-state index in [2.05, 4.69) is 0 Å². The maximum atomic E-state index is 12.4. The van der Waals surface area contributed by atoms with Gasteiger partial charge in [0, 0.05) is 5.39 Å². The molecule has 0 radical (unpaired) electrons. The van der Waals surface area contributed by atoms with E-state index in [1.165, 1.54) is 30.3 Å². The van der Waals surface area contributed by atoms with Crippen LogP contribution in [-0.4, -0.2) is 13.5 Å². The van der Waals surface area contributed by atoms with Crippen molar-refractivity contribution >= 4 is 20.9 Å². The first-order valence-electron chi connectivity index (χ1n) is 6.27. The third-order valence-corrected chi connectivity index (χ3v) is 4.37. The number of phenols is 1. The number of hydrogen-bond donors (Lipinski definition) is 1. The van der Waals surface area contributed by atoms with Gasteiger partial charge in [0.2, 0.25) is 0 Å². The van der Waals surface area contributed by atoms with Crippen LogP contribution in [-0.2, 0) is 10.1 Å². The predicted molar refractivity (Wildman–Crippen MR) is 79.9 cm³/mol. The first-order chi connectivity index (χ1) is 10.1. The molecule has 4 nitrogen and oxygen atoms in total. The largest absolute Gasteiger partial charge is 0.508 e. The highest BCUT2D eigenvalue weighted by Gasteiger charge is 2.19. The molecule has 0 fully saturated rings. The highest BCUT2D eigenvalue weighted by atomic mass is 32.2. The molecule has 3 aromatic carbocycles. The lowest BCUT2D eigenvalue weighted by Crippen LogP contribution is -2.10. The number of benzene rings is 3. The van der Waals surface area contributed by atoms with Gasteiger partial charge in [-0.25, -0.2) is 0 Å². The summed E-state index contributed by atoms with van der Waals surface area (Å²) in [5.41, 5.74) is 0. The molecule has 0 spiro atoms. The van der Waals surface area contributed by atoms with E-state index in [1.54, 1.807) is 18.2 Å². The van der Waals surface area contributed by atoms with Crippen molar-refractivity contribution in [2.75, 3.05) is 0 Å². The van der Waals surface area contributed by atoms with Gasteiger partial charge in [0.25, 0.3) is 0 Å². The van der Waals surface area contributed by atoms with Crippen LogP contribution in [0.4, 0.5) is 0 Å². The van der Waals surface area contributed by atoms with Crippen LogP contribution in [0.2, 0.25) is 0 Å². The van der Waals surface area contributed by atoms with Crippen molar-refractivity contribution in [3.63, 3.8) is 0 Å². The first kappa shape index (κ1) is 13.5. The van der Waals surface area contributed by atoms with Gasteiger partial charge in [-0.1, -0.05) is 36.4 Å². The fourth-order valence-electron chi connectivity index (χ4n) is 2.09. The number of fused-ring (bicyclic) bond motifs is 1. The van der Waals surface area contributed by atoms with E-state index < -0.39 is 10.1 Å². The SMILES string of the molecule is O=S(=O)(Oc1ccc(O)cc1)c1cccc2ccccc12. The minimum atomic E-state index is -3.93. The van der Waals surface area contributed by atoms with Crippen LogP contribution in [0, 0.1) is 0 Å². The minimum absolute atomic E-state index is 0.0462. The van der Waals surface area contributed by atoms with E-state index in [4.69, 9.17) is 4.18 Å². The van der Waals surface area contributed by atoms with Gasteiger partial charge in [0.05, 0.1) is 0 Å². The summed E-state index contributed by atoms with van der Waals surface area (Å²) in [4.78, 5) is 0.119. The van der Waals surface area contributed by atoms with Crippen LogP contribution in [0.3, 0.4) is 0 Å². The number of rotatable bonds is 3. The van der Waals surface area contributed by atoms with Crippen molar-refractivity contribution in [1.29, 1.82) is 0 Å². The Labute approximate surface area is 122 Å². The normalized spacial score (nSPS) is 11.4. The number of phenolic OH excluding ortho intramolecular Hbond substituents is 1. The summed E-state index contributed by atoms with van der Waals surface area (Å²) in [7, 11) is -3.93. The minimum Gasteiger partial charge on any atom is -0.508 e. The van der Waals surface area contributed by atoms with Crippen LogP contribution in [0.15, 0.2) is 71.6 Å². The smallest absolute Gasteiger partial charge is 0.339 e. The summed E-state index contributed by atoms with van der Waals surface area (Å²) in [5.74, 6) is 0.200. The number of aromatic hydroxyl groups is 1. The standard InChI is InChI=1S/C16H12O4S/c17-13-8-10-14(11-9-13)20-21(18,19)16-7-3-5-12-4-1-2-6-15(12)16/h1-11,17H. The van der Waals surface area contributed by atoms with Crippen LogP contribution in [0.1, 0.15) is 0 Å². The molecule has 0 amide bonds. The van der Waals surface area contributed by atoms with E-state index >= 15 is 0 Å². The molecule has 3 aromatic rings. The van der Waals surface area contributed by atoms with Crippen LogP contribution in [0.5, 0.6) is 11.5 Å². The third kappa shape index (κ3) is 2.68. The fraction of sp³-hybridized carbons (Fsp3) is 0. The van der Waals surface area contributed by atoms with Crippen LogP contribution < -0.4 is 4.18 Å². The highest BCUT2D eigenvalue weighted by Crippen LogP contribution is 2.26. The average Bonchev–Trinajstić information content (AvgIpc) is 2.49. The Bertz CT molecular complexity index is 878. The second-order valence-electron chi connectivity index (χ2n) is 4.51. The molecule has 0 aromatic heterocycles. The molecule has 1 N–H and O–H groups in total. The van der Waals surface area contributed by atoms with Crippen molar-refractivity contribution in [3.05, 3.63) is 66.7 Å². The molecule has 5 heteroatoms. The molecule has 0 aliphatic heterocycles. The zero-order valence-corrected chi connectivity index (χ0v) is 11.7. The van der Waals surface area contributed by atoms with Gasteiger partial charge in [0.15, 0.2) is 0 Å². The fourth-order valence-corrected chi connectivity index (χ4v) is 3.24. The molecule has 0 bridgehead atoms. The zero-order chi connectivity index (χ0) is 14.9. The zero-order valence-electron chi connectivity index (χ0n) is 10.9. The first-order valence-corrected chi connectivity index (χ1v) is 7.68. The molecule has 0 atom stereocenters. The molecule has 21 heavy (non-hydrogen) atoms. The van der Waals surface area contributed by atoms with Gasteiger partial charge in [-0.15, -0.1) is 0 Å². The predicted octanol–water partition coefficient (Wildman–Crippen LogP) is 3.31. The van der Waals surface area contributed by atoms with Gasteiger partial charge >= 0.3 is 10.1 Å². The quantitative estimate of drug-likeness (QED) is 0.754. The maximum absolute atomic E-state index is 12.4. The van der Waals surface area contributed by atoms with E-state index in [9.17, 15) is 13.5 Å². The maximum Gasteiger partial charge on any atom is 0.339 e. The van der Waals surface area contributed by atoms with Gasteiger partial charge in [-0.2, -0.15) is 8.42 Å². The van der Waals surface area contributed by atoms with Gasteiger partial charge in [-0.05, 0) is 35.7 Å². The van der Waals surface area contributed by atoms with E-state index in [0.29, 0.717) is 5.39 Å². The lowest BCUT2D eigenvalue weighted by Gasteiger charge is -2.09. The average molecular weight is 300 g/mol. The molecule has 0 saturated heterocycles. The topological polar surface area (TPSA) is 63.6 Å². The Morgan fingerprint density at radius 1 is 0.810 bits per heavy atom. The Kier molecular flexibility index (Phi) is 3.27. The lowest BCUT2D eigenvalue weighted by molar-refractivity contribution is 0.469. The summed E-state index contributed by atoms with van der Waals surface area (Å²) in [6.45, 7) is 0. The summed E-state index contributed by atoms with van der Waals surface area (Å²) in [5, 5.41) is 10.6. The van der Waals surface area contributed by atoms with Gasteiger partial charge < -0.3 is 9.29 Å². The van der Waals surface area contributed by atoms with E-state index in [1.807, 2.05) is 18.2 Å². The van der Waals surface area contributed by atoms with Crippen molar-refractivity contribution in [1.82, 2.24) is 0 Å². The molecular weight excluding hydrogens is 288 g/mol. The summed E-state index contributed by atoms with van der Waals surface area (Å²) in [6, 6.07) is 17.8. The second kappa shape index (κ2) is 5.10. The molecule has 3 rings (SSSR count). The van der Waals surface area contributed by atoms with Crippen LogP contribution in [0.25, 0.3) is 10.8 Å². The van der Waals surface area contributed by atoms with Crippen molar-refractivity contribution in [3.8, 4) is 11.5 Å². The Hall–Kier alpha value is -2.53. The Morgan fingerprint density at radius 3 is 2.24 bits per heavy atom. The molecule has 106 valence electrons. The second-order valence-corrected chi connectivity index (χ2v) is 6.02. The van der Waals surface area contributed by atoms with E-state index in [0.717, 1.165) is 5.39 Å². The third-order valence-electron chi connectivity index (χ3n) is 3.06. The van der Waals surface area contributed by atoms with Crippen LogP contribution >= 0.6 is 0 Å². The molecule has 0 unspecified atom stereocenters. The lowest BCUT2D eigenvalue weighted by atomic mass is 10.1. The van der Waals surface area contributed by atoms with E-state index in [-0.39, 0.29) is 16.4 Å². The molecule has 0 saturated carbocycles. The molecule has 0 aliphatic carbocycles. The van der Waals surface area contributed by atoms with Gasteiger partial charge in [0.1, 0.15) is 16.4 Å². The molecule has 0 heterocycles.